The fourth-order valence-corrected chi connectivity index (χ4v) is 2.92. The lowest BCUT2D eigenvalue weighted by molar-refractivity contribution is 0.0339. The molecule has 1 aliphatic heterocycles. The molecular weight excluding hydrogens is 260 g/mol. The molecule has 0 amide bonds. The van der Waals surface area contributed by atoms with Crippen molar-refractivity contribution in [2.75, 3.05) is 32.8 Å². The molecule has 21 heavy (non-hydrogen) atoms. The molecule has 2 atom stereocenters. The van der Waals surface area contributed by atoms with Crippen molar-refractivity contribution in [3.63, 3.8) is 0 Å². The molecule has 0 radical (unpaired) electrons. The van der Waals surface area contributed by atoms with E-state index in [1.165, 1.54) is 11.1 Å². The summed E-state index contributed by atoms with van der Waals surface area (Å²) in [5, 5.41) is 3.71. The van der Waals surface area contributed by atoms with Gasteiger partial charge in [-0.2, -0.15) is 0 Å². The Hall–Kier alpha value is -0.900. The first-order chi connectivity index (χ1) is 10.1. The third-order valence-electron chi connectivity index (χ3n) is 4.27. The van der Waals surface area contributed by atoms with Gasteiger partial charge in [0.25, 0.3) is 0 Å². The van der Waals surface area contributed by atoms with Gasteiger partial charge in [0.05, 0.1) is 13.2 Å². The standard InChI is InChI=1S/C18H30N2O/c1-14(2)17-5-7-18(8-6-17)16(4)19-15(3)13-20-9-11-21-12-10-20/h5-8,14-16,19H,9-13H2,1-4H3. The third kappa shape index (κ3) is 5.10. The van der Waals surface area contributed by atoms with Gasteiger partial charge < -0.3 is 10.1 Å². The summed E-state index contributed by atoms with van der Waals surface area (Å²) in [6, 6.07) is 9.91. The molecule has 0 aromatic heterocycles. The first kappa shape index (κ1) is 16.5. The van der Waals surface area contributed by atoms with Gasteiger partial charge in [-0.3, -0.25) is 4.90 Å². The van der Waals surface area contributed by atoms with E-state index in [2.05, 4.69) is 62.2 Å². The molecule has 3 heteroatoms. The number of benzene rings is 1. The lowest BCUT2D eigenvalue weighted by atomic mass is 9.99. The SMILES string of the molecule is CC(CN1CCOCC1)NC(C)c1ccc(C(C)C)cc1. The summed E-state index contributed by atoms with van der Waals surface area (Å²) in [4.78, 5) is 2.48. The summed E-state index contributed by atoms with van der Waals surface area (Å²) in [6.07, 6.45) is 0. The van der Waals surface area contributed by atoms with Gasteiger partial charge in [-0.1, -0.05) is 38.1 Å². The topological polar surface area (TPSA) is 24.5 Å². The number of nitrogens with zero attached hydrogens (tertiary/aromatic N) is 1. The van der Waals surface area contributed by atoms with Crippen LogP contribution in [-0.4, -0.2) is 43.8 Å². The molecule has 0 aliphatic carbocycles. The van der Waals surface area contributed by atoms with Crippen LogP contribution in [0, 0.1) is 0 Å². The van der Waals surface area contributed by atoms with Crippen molar-refractivity contribution in [1.29, 1.82) is 0 Å². The number of hydrogen-bond donors (Lipinski definition) is 1. The predicted octanol–water partition coefficient (Wildman–Crippen LogP) is 3.18. The molecule has 2 rings (SSSR count). The summed E-state index contributed by atoms with van der Waals surface area (Å²) in [5.41, 5.74) is 2.78. The maximum Gasteiger partial charge on any atom is 0.0594 e. The normalized spacial score (nSPS) is 19.7. The third-order valence-corrected chi connectivity index (χ3v) is 4.27. The van der Waals surface area contributed by atoms with E-state index >= 15 is 0 Å². The zero-order chi connectivity index (χ0) is 15.2. The van der Waals surface area contributed by atoms with Gasteiger partial charge in [-0.25, -0.2) is 0 Å². The largest absolute Gasteiger partial charge is 0.379 e. The van der Waals surface area contributed by atoms with Crippen LogP contribution in [-0.2, 0) is 4.74 Å². The Labute approximate surface area is 129 Å². The second-order valence-electron chi connectivity index (χ2n) is 6.52. The Balaban J connectivity index is 1.83. The van der Waals surface area contributed by atoms with Gasteiger partial charge in [0.15, 0.2) is 0 Å². The van der Waals surface area contributed by atoms with Crippen molar-refractivity contribution in [1.82, 2.24) is 10.2 Å². The number of ether oxygens (including phenoxy) is 1. The second kappa shape index (κ2) is 7.92. The van der Waals surface area contributed by atoms with Crippen molar-refractivity contribution >= 4 is 0 Å². The van der Waals surface area contributed by atoms with E-state index in [0.717, 1.165) is 32.8 Å². The Kier molecular flexibility index (Phi) is 6.22. The molecule has 1 N–H and O–H groups in total. The Bertz CT molecular complexity index is 410. The van der Waals surface area contributed by atoms with Crippen LogP contribution in [0.4, 0.5) is 0 Å². The van der Waals surface area contributed by atoms with Crippen molar-refractivity contribution in [2.45, 2.75) is 45.7 Å². The van der Waals surface area contributed by atoms with Crippen LogP contribution in [0.1, 0.15) is 50.8 Å². The Morgan fingerprint density at radius 1 is 1.00 bits per heavy atom. The highest BCUT2D eigenvalue weighted by Crippen LogP contribution is 2.19. The molecule has 0 bridgehead atoms. The van der Waals surface area contributed by atoms with Crippen LogP contribution in [0.2, 0.25) is 0 Å². The maximum atomic E-state index is 5.40. The fourth-order valence-electron chi connectivity index (χ4n) is 2.92. The molecule has 1 aliphatic rings. The van der Waals surface area contributed by atoms with Crippen LogP contribution >= 0.6 is 0 Å². The summed E-state index contributed by atoms with van der Waals surface area (Å²) >= 11 is 0. The Morgan fingerprint density at radius 2 is 1.57 bits per heavy atom. The number of morpholine rings is 1. The van der Waals surface area contributed by atoms with E-state index < -0.39 is 0 Å². The van der Waals surface area contributed by atoms with Gasteiger partial charge in [-0.15, -0.1) is 0 Å². The first-order valence-corrected chi connectivity index (χ1v) is 8.22. The van der Waals surface area contributed by atoms with Gasteiger partial charge in [0.1, 0.15) is 0 Å². The zero-order valence-corrected chi connectivity index (χ0v) is 13.9. The highest BCUT2D eigenvalue weighted by atomic mass is 16.5. The second-order valence-corrected chi connectivity index (χ2v) is 6.52. The van der Waals surface area contributed by atoms with Gasteiger partial charge in [-0.05, 0) is 30.9 Å². The highest BCUT2D eigenvalue weighted by Gasteiger charge is 2.15. The minimum atomic E-state index is 0.391. The molecule has 0 spiro atoms. The molecule has 1 aromatic rings. The summed E-state index contributed by atoms with van der Waals surface area (Å²) in [7, 11) is 0. The van der Waals surface area contributed by atoms with Crippen LogP contribution in [0.3, 0.4) is 0 Å². The minimum Gasteiger partial charge on any atom is -0.379 e. The molecule has 2 unspecified atom stereocenters. The monoisotopic (exact) mass is 290 g/mol. The van der Waals surface area contributed by atoms with E-state index in [9.17, 15) is 0 Å². The number of hydrogen-bond acceptors (Lipinski definition) is 3. The van der Waals surface area contributed by atoms with Crippen molar-refractivity contribution in [2.24, 2.45) is 0 Å². The van der Waals surface area contributed by atoms with E-state index in [1.807, 2.05) is 0 Å². The molecular formula is C18H30N2O. The number of nitrogens with one attached hydrogen (secondary N) is 1. The quantitative estimate of drug-likeness (QED) is 0.871. The lowest BCUT2D eigenvalue weighted by Crippen LogP contribution is -2.44. The lowest BCUT2D eigenvalue weighted by Gasteiger charge is -2.30. The molecule has 1 saturated heterocycles. The smallest absolute Gasteiger partial charge is 0.0594 e. The van der Waals surface area contributed by atoms with E-state index in [0.29, 0.717) is 18.0 Å². The van der Waals surface area contributed by atoms with Crippen LogP contribution < -0.4 is 5.32 Å². The average Bonchev–Trinajstić information content (AvgIpc) is 2.48. The van der Waals surface area contributed by atoms with Crippen molar-refractivity contribution in [3.05, 3.63) is 35.4 Å². The number of rotatable bonds is 6. The predicted molar refractivity (Wildman–Crippen MR) is 88.8 cm³/mol. The molecule has 118 valence electrons. The van der Waals surface area contributed by atoms with Crippen LogP contribution in [0.5, 0.6) is 0 Å². The Morgan fingerprint density at radius 3 is 2.14 bits per heavy atom. The van der Waals surface area contributed by atoms with Crippen LogP contribution in [0.15, 0.2) is 24.3 Å². The van der Waals surface area contributed by atoms with E-state index in [1.54, 1.807) is 0 Å². The summed E-state index contributed by atoms with van der Waals surface area (Å²) in [6.45, 7) is 14.0. The summed E-state index contributed by atoms with van der Waals surface area (Å²) < 4.78 is 5.40. The fraction of sp³-hybridized carbons (Fsp3) is 0.667. The van der Waals surface area contributed by atoms with E-state index in [4.69, 9.17) is 4.74 Å². The molecule has 3 nitrogen and oxygen atoms in total. The molecule has 1 aromatic carbocycles. The van der Waals surface area contributed by atoms with E-state index in [-0.39, 0.29) is 0 Å². The molecule has 1 fully saturated rings. The highest BCUT2D eigenvalue weighted by molar-refractivity contribution is 5.26. The zero-order valence-electron chi connectivity index (χ0n) is 13.9. The minimum absolute atomic E-state index is 0.391. The van der Waals surface area contributed by atoms with Gasteiger partial charge >= 0.3 is 0 Å². The van der Waals surface area contributed by atoms with Crippen molar-refractivity contribution in [3.8, 4) is 0 Å². The van der Waals surface area contributed by atoms with Gasteiger partial charge in [0, 0.05) is 31.7 Å². The molecule has 0 saturated carbocycles. The average molecular weight is 290 g/mol. The van der Waals surface area contributed by atoms with Crippen LogP contribution in [0.25, 0.3) is 0 Å². The van der Waals surface area contributed by atoms with Gasteiger partial charge in [0.2, 0.25) is 0 Å². The van der Waals surface area contributed by atoms with Crippen molar-refractivity contribution < 1.29 is 4.74 Å². The summed E-state index contributed by atoms with van der Waals surface area (Å²) in [5.74, 6) is 0.600. The molecule has 1 heterocycles. The first-order valence-electron chi connectivity index (χ1n) is 8.22. The maximum absolute atomic E-state index is 5.40.